The Morgan fingerprint density at radius 1 is 1.24 bits per heavy atom. The fourth-order valence-corrected chi connectivity index (χ4v) is 4.55. The maximum atomic E-state index is 10.2. The molecule has 2 rings (SSSR count). The van der Waals surface area contributed by atoms with Gasteiger partial charge in [-0.25, -0.2) is 0 Å². The number of aliphatic hydroxyl groups excluding tert-OH is 1. The van der Waals surface area contributed by atoms with Crippen molar-refractivity contribution in [3.8, 4) is 0 Å². The van der Waals surface area contributed by atoms with Gasteiger partial charge in [0.05, 0.1) is 6.10 Å². The van der Waals surface area contributed by atoms with E-state index in [1.54, 1.807) is 0 Å². The molecule has 0 aromatic rings. The summed E-state index contributed by atoms with van der Waals surface area (Å²) in [5.74, 6) is 2.41. The van der Waals surface area contributed by atoms with Crippen LogP contribution in [0.2, 0.25) is 0 Å². The normalized spacial score (nSPS) is 47.3. The maximum Gasteiger partial charge on any atom is 0.0568 e. The number of fused-ring (bicyclic) bond motifs is 1. The predicted molar refractivity (Wildman–Crippen MR) is 72.8 cm³/mol. The molecule has 0 spiro atoms. The van der Waals surface area contributed by atoms with E-state index >= 15 is 0 Å². The maximum absolute atomic E-state index is 10.2. The fourth-order valence-electron chi connectivity index (χ4n) is 4.55. The minimum absolute atomic E-state index is 0.135. The minimum atomic E-state index is -0.170. The Balaban J connectivity index is 2.23. The molecule has 0 heterocycles. The molecule has 2 aliphatic carbocycles. The Hall–Kier alpha value is -0.0400. The van der Waals surface area contributed by atoms with Gasteiger partial charge in [-0.2, -0.15) is 0 Å². The van der Waals surface area contributed by atoms with E-state index in [0.717, 1.165) is 11.8 Å². The number of rotatable bonds is 1. The third-order valence-corrected chi connectivity index (χ3v) is 6.37. The number of hydrogen-bond acceptors (Lipinski definition) is 1. The summed E-state index contributed by atoms with van der Waals surface area (Å²) >= 11 is 0. The zero-order valence-electron chi connectivity index (χ0n) is 12.3. The summed E-state index contributed by atoms with van der Waals surface area (Å²) in [6.45, 7) is 11.5. The van der Waals surface area contributed by atoms with E-state index in [9.17, 15) is 5.11 Å². The summed E-state index contributed by atoms with van der Waals surface area (Å²) < 4.78 is 0. The van der Waals surface area contributed by atoms with Gasteiger partial charge in [-0.1, -0.05) is 40.5 Å². The van der Waals surface area contributed by atoms with Crippen molar-refractivity contribution < 1.29 is 5.11 Å². The molecule has 0 aliphatic heterocycles. The molecular formula is C16H30O. The zero-order valence-corrected chi connectivity index (χ0v) is 12.3. The third-order valence-electron chi connectivity index (χ3n) is 6.37. The van der Waals surface area contributed by atoms with Crippen LogP contribution in [0.1, 0.15) is 66.7 Å². The van der Waals surface area contributed by atoms with Crippen LogP contribution in [0.15, 0.2) is 0 Å². The molecule has 1 N–H and O–H groups in total. The van der Waals surface area contributed by atoms with Gasteiger partial charge in [-0.05, 0) is 54.8 Å². The molecular weight excluding hydrogens is 208 g/mol. The van der Waals surface area contributed by atoms with Crippen molar-refractivity contribution in [1.29, 1.82) is 0 Å². The molecule has 1 nitrogen and oxygen atoms in total. The van der Waals surface area contributed by atoms with Gasteiger partial charge in [0.2, 0.25) is 0 Å². The van der Waals surface area contributed by atoms with E-state index < -0.39 is 0 Å². The van der Waals surface area contributed by atoms with Crippen LogP contribution >= 0.6 is 0 Å². The average molecular weight is 238 g/mol. The molecule has 0 bridgehead atoms. The molecule has 2 fully saturated rings. The van der Waals surface area contributed by atoms with Gasteiger partial charge >= 0.3 is 0 Å². The first-order chi connectivity index (χ1) is 7.77. The summed E-state index contributed by atoms with van der Waals surface area (Å²) in [7, 11) is 0. The summed E-state index contributed by atoms with van der Waals surface area (Å²) in [5, 5.41) is 10.2. The molecule has 0 aromatic heterocycles. The van der Waals surface area contributed by atoms with Crippen molar-refractivity contribution in [3.05, 3.63) is 0 Å². The van der Waals surface area contributed by atoms with Gasteiger partial charge < -0.3 is 5.11 Å². The monoisotopic (exact) mass is 238 g/mol. The standard InChI is InChI=1S/C16H30O/c1-11-9-13-7-6-8-15(3,4)14(13)10-16(11,5)12(2)17/h11-14,17H,6-10H2,1-5H3/t11-,12-,13+,14+,16+/m0/s1. The lowest BCUT2D eigenvalue weighted by Gasteiger charge is -2.55. The summed E-state index contributed by atoms with van der Waals surface area (Å²) in [6, 6.07) is 0. The van der Waals surface area contributed by atoms with Crippen molar-refractivity contribution in [2.24, 2.45) is 28.6 Å². The van der Waals surface area contributed by atoms with Gasteiger partial charge in [0.1, 0.15) is 0 Å². The van der Waals surface area contributed by atoms with Gasteiger partial charge in [-0.3, -0.25) is 0 Å². The lowest BCUT2D eigenvalue weighted by atomic mass is 9.50. The van der Waals surface area contributed by atoms with Crippen LogP contribution in [0.3, 0.4) is 0 Å². The Labute approximate surface area is 107 Å². The van der Waals surface area contributed by atoms with Crippen molar-refractivity contribution in [2.45, 2.75) is 72.8 Å². The number of hydrogen-bond donors (Lipinski definition) is 1. The Bertz CT molecular complexity index is 281. The van der Waals surface area contributed by atoms with E-state index in [-0.39, 0.29) is 11.5 Å². The Kier molecular flexibility index (Phi) is 3.36. The molecule has 0 unspecified atom stereocenters. The lowest BCUT2D eigenvalue weighted by molar-refractivity contribution is -0.0951. The molecule has 2 saturated carbocycles. The van der Waals surface area contributed by atoms with Gasteiger partial charge in [-0.15, -0.1) is 0 Å². The summed E-state index contributed by atoms with van der Waals surface area (Å²) in [5.41, 5.74) is 0.620. The van der Waals surface area contributed by atoms with E-state index in [0.29, 0.717) is 11.3 Å². The molecule has 5 atom stereocenters. The minimum Gasteiger partial charge on any atom is -0.393 e. The van der Waals surface area contributed by atoms with E-state index in [1.807, 2.05) is 6.92 Å². The van der Waals surface area contributed by atoms with Crippen LogP contribution in [0, 0.1) is 28.6 Å². The summed E-state index contributed by atoms with van der Waals surface area (Å²) in [6.07, 6.45) is 6.59. The van der Waals surface area contributed by atoms with Crippen LogP contribution in [0.4, 0.5) is 0 Å². The highest BCUT2D eigenvalue weighted by molar-refractivity contribution is 5.00. The Morgan fingerprint density at radius 3 is 2.47 bits per heavy atom. The fraction of sp³-hybridized carbons (Fsp3) is 1.00. The van der Waals surface area contributed by atoms with E-state index in [4.69, 9.17) is 0 Å². The third kappa shape index (κ3) is 2.16. The topological polar surface area (TPSA) is 20.2 Å². The highest BCUT2D eigenvalue weighted by atomic mass is 16.3. The molecule has 0 amide bonds. The average Bonchev–Trinajstić information content (AvgIpc) is 2.21. The zero-order chi connectivity index (χ0) is 12.8. The first-order valence-corrected chi connectivity index (χ1v) is 7.45. The second-order valence-corrected chi connectivity index (χ2v) is 7.77. The van der Waals surface area contributed by atoms with Crippen molar-refractivity contribution in [3.63, 3.8) is 0 Å². The number of aliphatic hydroxyl groups is 1. The highest BCUT2D eigenvalue weighted by Gasteiger charge is 2.50. The highest BCUT2D eigenvalue weighted by Crippen LogP contribution is 2.57. The molecule has 17 heavy (non-hydrogen) atoms. The van der Waals surface area contributed by atoms with E-state index in [1.165, 1.54) is 32.1 Å². The first kappa shape index (κ1) is 13.4. The van der Waals surface area contributed by atoms with Gasteiger partial charge in [0, 0.05) is 0 Å². The lowest BCUT2D eigenvalue weighted by Crippen LogP contribution is -2.49. The predicted octanol–water partition coefficient (Wildman–Crippen LogP) is 4.25. The SMILES string of the molecule is C[C@H](O)[C@]1(C)C[C@@H]2[C@H](CCCC2(C)C)C[C@@H]1C. The first-order valence-electron chi connectivity index (χ1n) is 7.45. The van der Waals surface area contributed by atoms with Crippen LogP contribution in [0.25, 0.3) is 0 Å². The summed E-state index contributed by atoms with van der Waals surface area (Å²) in [4.78, 5) is 0. The molecule has 0 saturated heterocycles. The van der Waals surface area contributed by atoms with Gasteiger partial charge in [0.15, 0.2) is 0 Å². The molecule has 0 radical (unpaired) electrons. The molecule has 100 valence electrons. The largest absolute Gasteiger partial charge is 0.393 e. The van der Waals surface area contributed by atoms with Crippen LogP contribution < -0.4 is 0 Å². The second-order valence-electron chi connectivity index (χ2n) is 7.77. The smallest absolute Gasteiger partial charge is 0.0568 e. The van der Waals surface area contributed by atoms with Crippen molar-refractivity contribution in [2.75, 3.05) is 0 Å². The van der Waals surface area contributed by atoms with Crippen LogP contribution in [-0.2, 0) is 0 Å². The molecule has 0 aromatic carbocycles. The quantitative estimate of drug-likeness (QED) is 0.724. The Morgan fingerprint density at radius 2 is 1.88 bits per heavy atom. The van der Waals surface area contributed by atoms with Crippen LogP contribution in [0.5, 0.6) is 0 Å². The van der Waals surface area contributed by atoms with Crippen molar-refractivity contribution >= 4 is 0 Å². The van der Waals surface area contributed by atoms with Crippen molar-refractivity contribution in [1.82, 2.24) is 0 Å². The molecule has 1 heteroatoms. The second kappa shape index (κ2) is 4.26. The van der Waals surface area contributed by atoms with Gasteiger partial charge in [0.25, 0.3) is 0 Å². The van der Waals surface area contributed by atoms with E-state index in [2.05, 4.69) is 27.7 Å². The molecule has 2 aliphatic rings. The van der Waals surface area contributed by atoms with Crippen LogP contribution in [-0.4, -0.2) is 11.2 Å².